The summed E-state index contributed by atoms with van der Waals surface area (Å²) in [6, 6.07) is 21.8. The van der Waals surface area contributed by atoms with Crippen LogP contribution < -0.4 is 5.73 Å². The number of carboxylic acids is 1. The lowest BCUT2D eigenvalue weighted by atomic mass is 9.88. The third kappa shape index (κ3) is 6.18. The van der Waals surface area contributed by atoms with Gasteiger partial charge in [-0.25, -0.2) is 4.79 Å². The number of fused-ring (bicyclic) bond motifs is 1. The number of nitrogens with zero attached hydrogens (tertiary/aromatic N) is 2. The van der Waals surface area contributed by atoms with Crippen LogP contribution >= 0.6 is 0 Å². The molecule has 2 aromatic carbocycles. The molecule has 0 spiro atoms. The molecule has 1 aliphatic heterocycles. The smallest absolute Gasteiger partial charge is 0.475 e. The van der Waals surface area contributed by atoms with Gasteiger partial charge in [0.15, 0.2) is 5.76 Å². The van der Waals surface area contributed by atoms with Crippen LogP contribution in [0.25, 0.3) is 0 Å². The van der Waals surface area contributed by atoms with Crippen molar-refractivity contribution in [2.75, 3.05) is 6.54 Å². The van der Waals surface area contributed by atoms with Crippen LogP contribution in [-0.4, -0.2) is 33.9 Å². The van der Waals surface area contributed by atoms with E-state index in [-0.39, 0.29) is 0 Å². The number of halogens is 3. The molecule has 0 bridgehead atoms. The number of alkyl halides is 3. The van der Waals surface area contributed by atoms with Crippen molar-refractivity contribution in [2.24, 2.45) is 5.73 Å². The average Bonchev–Trinajstić information content (AvgIpc) is 3.23. The fourth-order valence-corrected chi connectivity index (χ4v) is 3.70. The zero-order valence-corrected chi connectivity index (χ0v) is 17.3. The minimum atomic E-state index is -5.08. The largest absolute Gasteiger partial charge is 0.490 e. The molecule has 32 heavy (non-hydrogen) atoms. The van der Waals surface area contributed by atoms with Gasteiger partial charge >= 0.3 is 12.1 Å². The highest BCUT2D eigenvalue weighted by Crippen LogP contribution is 2.33. The van der Waals surface area contributed by atoms with Crippen molar-refractivity contribution >= 4 is 5.97 Å². The van der Waals surface area contributed by atoms with Gasteiger partial charge in [0.1, 0.15) is 0 Å². The van der Waals surface area contributed by atoms with Crippen LogP contribution in [0.5, 0.6) is 0 Å². The van der Waals surface area contributed by atoms with Gasteiger partial charge in [-0.1, -0.05) is 59.8 Å². The Balaban J connectivity index is 0.000000360. The van der Waals surface area contributed by atoms with Gasteiger partial charge in [-0.2, -0.15) is 13.2 Å². The SMILES string of the molecule is NCc1cc(CN2CCc3ccccc3C2Cc2ccccc2)no1.O=C(O)C(F)(F)F. The molecule has 0 amide bonds. The Morgan fingerprint density at radius 1 is 1.16 bits per heavy atom. The molecule has 1 aromatic heterocycles. The predicted octanol–water partition coefficient (Wildman–Crippen LogP) is 4.11. The van der Waals surface area contributed by atoms with Crippen molar-refractivity contribution in [1.82, 2.24) is 10.1 Å². The van der Waals surface area contributed by atoms with Crippen molar-refractivity contribution in [1.29, 1.82) is 0 Å². The molecule has 4 rings (SSSR count). The second-order valence-electron chi connectivity index (χ2n) is 7.42. The summed E-state index contributed by atoms with van der Waals surface area (Å²) in [4.78, 5) is 11.4. The number of aliphatic carboxylic acids is 1. The number of hydrogen-bond acceptors (Lipinski definition) is 5. The monoisotopic (exact) mass is 447 g/mol. The van der Waals surface area contributed by atoms with E-state index in [4.69, 9.17) is 20.2 Å². The zero-order valence-electron chi connectivity index (χ0n) is 17.3. The molecule has 2 heterocycles. The number of benzene rings is 2. The highest BCUT2D eigenvalue weighted by atomic mass is 19.4. The lowest BCUT2D eigenvalue weighted by Gasteiger charge is -2.37. The fraction of sp³-hybridized carbons (Fsp3) is 0.304. The fourth-order valence-electron chi connectivity index (χ4n) is 3.70. The molecule has 0 radical (unpaired) electrons. The topological polar surface area (TPSA) is 92.6 Å². The number of carboxylic acid groups (broad SMARTS) is 1. The van der Waals surface area contributed by atoms with Gasteiger partial charge in [0.2, 0.25) is 0 Å². The van der Waals surface area contributed by atoms with Crippen molar-refractivity contribution in [3.63, 3.8) is 0 Å². The van der Waals surface area contributed by atoms with Crippen LogP contribution in [0, 0.1) is 0 Å². The van der Waals surface area contributed by atoms with E-state index >= 15 is 0 Å². The van der Waals surface area contributed by atoms with Gasteiger partial charge in [0.25, 0.3) is 0 Å². The molecule has 1 unspecified atom stereocenters. The van der Waals surface area contributed by atoms with E-state index in [2.05, 4.69) is 64.7 Å². The van der Waals surface area contributed by atoms with Crippen molar-refractivity contribution in [2.45, 2.75) is 38.1 Å². The molecule has 1 atom stereocenters. The Labute approximate surface area is 183 Å². The van der Waals surface area contributed by atoms with Crippen molar-refractivity contribution in [3.05, 3.63) is 88.8 Å². The van der Waals surface area contributed by atoms with Crippen molar-refractivity contribution in [3.8, 4) is 0 Å². The summed E-state index contributed by atoms with van der Waals surface area (Å²) in [5.74, 6) is -2.01. The van der Waals surface area contributed by atoms with Crippen molar-refractivity contribution < 1.29 is 27.6 Å². The minimum Gasteiger partial charge on any atom is -0.475 e. The van der Waals surface area contributed by atoms with E-state index < -0.39 is 12.1 Å². The van der Waals surface area contributed by atoms with E-state index in [9.17, 15) is 13.2 Å². The van der Waals surface area contributed by atoms with Crippen LogP contribution in [0.15, 0.2) is 65.2 Å². The minimum absolute atomic E-state index is 0.352. The van der Waals surface area contributed by atoms with Crippen LogP contribution in [0.1, 0.15) is 34.2 Å². The number of nitrogens with two attached hydrogens (primary N) is 1. The Bertz CT molecular complexity index is 1020. The molecule has 0 aliphatic carbocycles. The maximum Gasteiger partial charge on any atom is 0.490 e. The quantitative estimate of drug-likeness (QED) is 0.612. The summed E-state index contributed by atoms with van der Waals surface area (Å²) in [6.07, 6.45) is -3.01. The first-order valence-corrected chi connectivity index (χ1v) is 10.1. The number of rotatable bonds is 5. The third-order valence-electron chi connectivity index (χ3n) is 5.21. The number of hydrogen-bond donors (Lipinski definition) is 2. The van der Waals surface area contributed by atoms with Gasteiger partial charge in [-0.3, -0.25) is 4.90 Å². The highest BCUT2D eigenvalue weighted by molar-refractivity contribution is 5.73. The summed E-state index contributed by atoms with van der Waals surface area (Å²) in [5.41, 5.74) is 10.8. The van der Waals surface area contributed by atoms with Gasteiger partial charge in [-0.15, -0.1) is 0 Å². The summed E-state index contributed by atoms with van der Waals surface area (Å²) in [7, 11) is 0. The third-order valence-corrected chi connectivity index (χ3v) is 5.21. The second kappa shape index (κ2) is 10.4. The maximum atomic E-state index is 10.6. The molecule has 9 heteroatoms. The molecule has 6 nitrogen and oxygen atoms in total. The molecular weight excluding hydrogens is 423 g/mol. The molecule has 3 N–H and O–H groups in total. The lowest BCUT2D eigenvalue weighted by molar-refractivity contribution is -0.192. The highest BCUT2D eigenvalue weighted by Gasteiger charge is 2.38. The maximum absolute atomic E-state index is 10.6. The predicted molar refractivity (Wildman–Crippen MR) is 112 cm³/mol. The molecule has 0 fully saturated rings. The summed E-state index contributed by atoms with van der Waals surface area (Å²) in [5, 5.41) is 11.3. The first-order chi connectivity index (χ1) is 15.3. The van der Waals surface area contributed by atoms with Crippen LogP contribution in [0.4, 0.5) is 13.2 Å². The molecule has 170 valence electrons. The van der Waals surface area contributed by atoms with Gasteiger partial charge in [-0.05, 0) is 29.5 Å². The van der Waals surface area contributed by atoms with Gasteiger partial charge < -0.3 is 15.4 Å². The van der Waals surface area contributed by atoms with E-state index in [1.807, 2.05) is 6.07 Å². The zero-order chi connectivity index (χ0) is 23.1. The van der Waals surface area contributed by atoms with E-state index in [1.165, 1.54) is 16.7 Å². The first kappa shape index (κ1) is 23.5. The Morgan fingerprint density at radius 2 is 1.81 bits per heavy atom. The Morgan fingerprint density at radius 3 is 2.44 bits per heavy atom. The molecule has 3 aromatic rings. The first-order valence-electron chi connectivity index (χ1n) is 10.1. The standard InChI is InChI=1S/C21H23N3O.C2HF3O2/c22-14-19-13-18(23-25-19)15-24-11-10-17-8-4-5-9-20(17)21(24)12-16-6-2-1-3-7-16;3-2(4,5)1(6)7/h1-9,13,21H,10-12,14-15,22H2;(H,6,7). The molecular formula is C23H24F3N3O3. The van der Waals surface area contributed by atoms with E-state index in [0.29, 0.717) is 12.6 Å². The van der Waals surface area contributed by atoms with Crippen LogP contribution in [0.2, 0.25) is 0 Å². The second-order valence-corrected chi connectivity index (χ2v) is 7.42. The number of aromatic nitrogens is 1. The number of carbonyl (C=O) groups is 1. The van der Waals surface area contributed by atoms with Gasteiger partial charge in [0.05, 0.1) is 12.2 Å². The summed E-state index contributed by atoms with van der Waals surface area (Å²) < 4.78 is 37.0. The Kier molecular flexibility index (Phi) is 7.66. The van der Waals surface area contributed by atoms with E-state index in [1.54, 1.807) is 0 Å². The normalized spacial score (nSPS) is 16.1. The van der Waals surface area contributed by atoms with E-state index in [0.717, 1.165) is 37.4 Å². The molecule has 0 saturated heterocycles. The molecule has 1 aliphatic rings. The molecule has 0 saturated carbocycles. The Hall–Kier alpha value is -3.17. The summed E-state index contributed by atoms with van der Waals surface area (Å²) in [6.45, 7) is 2.21. The average molecular weight is 447 g/mol. The van der Waals surface area contributed by atoms with Crippen LogP contribution in [-0.2, 0) is 30.7 Å². The summed E-state index contributed by atoms with van der Waals surface area (Å²) >= 11 is 0. The lowest BCUT2D eigenvalue weighted by Crippen LogP contribution is -2.36. The van der Waals surface area contributed by atoms with Crippen LogP contribution in [0.3, 0.4) is 0 Å². The van der Waals surface area contributed by atoms with Gasteiger partial charge in [0, 0.05) is 25.2 Å².